The molecule has 1 saturated carbocycles. The second-order valence-electron chi connectivity index (χ2n) is 12.8. The molecule has 0 radical (unpaired) electrons. The van der Waals surface area contributed by atoms with Crippen molar-refractivity contribution in [3.8, 4) is 17.1 Å². The van der Waals surface area contributed by atoms with Crippen LogP contribution in [0.4, 0.5) is 10.2 Å². The number of hydrogen-bond acceptors (Lipinski definition) is 6. The minimum absolute atomic E-state index is 0.0701. The third-order valence-electron chi connectivity index (χ3n) is 9.97. The number of carbonyl (C=O) groups is 1. The zero-order chi connectivity index (χ0) is 29.7. The van der Waals surface area contributed by atoms with Crippen molar-refractivity contribution in [2.24, 2.45) is 5.41 Å². The fraction of sp³-hybridized carbons (Fsp3) is 0.471. The molecule has 0 N–H and O–H groups in total. The number of anilines is 1. The fourth-order valence-electron chi connectivity index (χ4n) is 7.31. The molecule has 4 aliphatic rings. The number of halogens is 1. The van der Waals surface area contributed by atoms with Crippen LogP contribution in [0.15, 0.2) is 48.8 Å². The first-order valence-electron chi connectivity index (χ1n) is 15.3. The smallest absolute Gasteiger partial charge is 0.319 e. The van der Waals surface area contributed by atoms with E-state index in [4.69, 9.17) is 21.3 Å². The van der Waals surface area contributed by atoms with Gasteiger partial charge in [0.2, 0.25) is 6.54 Å². The van der Waals surface area contributed by atoms with E-state index in [1.807, 2.05) is 0 Å². The topological polar surface area (TPSA) is 66.2 Å². The van der Waals surface area contributed by atoms with Gasteiger partial charge in [0.1, 0.15) is 18.5 Å². The SMILES string of the molecule is [C-]#[N+]C[C@H]1CN(c2nc(OC[C@@H]3CCCN3C)nc3cc(-c4cccc5c4CC4(CC4)C5)ccc23)CCN1C(=O)C(=C)F. The molecule has 0 bridgehead atoms. The molecular formula is C34H37FN6O2. The van der Waals surface area contributed by atoms with Gasteiger partial charge in [0.15, 0.2) is 5.83 Å². The van der Waals surface area contributed by atoms with Crippen LogP contribution in [0, 0.1) is 12.0 Å². The maximum absolute atomic E-state index is 13.8. The van der Waals surface area contributed by atoms with Gasteiger partial charge in [-0.15, -0.1) is 0 Å². The van der Waals surface area contributed by atoms with Crippen LogP contribution in [0.5, 0.6) is 6.01 Å². The van der Waals surface area contributed by atoms with Gasteiger partial charge in [-0.25, -0.2) is 11.0 Å². The molecule has 2 aromatic carbocycles. The number of hydrogen-bond donors (Lipinski definition) is 0. The molecule has 2 aliphatic heterocycles. The van der Waals surface area contributed by atoms with Crippen molar-refractivity contribution in [3.05, 3.63) is 71.3 Å². The molecular weight excluding hydrogens is 543 g/mol. The number of rotatable bonds is 7. The maximum Gasteiger partial charge on any atom is 0.319 e. The van der Waals surface area contributed by atoms with E-state index < -0.39 is 17.8 Å². The lowest BCUT2D eigenvalue weighted by atomic mass is 9.95. The Hall–Kier alpha value is -4.03. The Morgan fingerprint density at radius 3 is 2.77 bits per heavy atom. The molecule has 2 atom stereocenters. The first-order chi connectivity index (χ1) is 20.8. The van der Waals surface area contributed by atoms with Crippen LogP contribution >= 0.6 is 0 Å². The van der Waals surface area contributed by atoms with E-state index in [0.717, 1.165) is 42.3 Å². The van der Waals surface area contributed by atoms with Crippen molar-refractivity contribution in [3.63, 3.8) is 0 Å². The summed E-state index contributed by atoms with van der Waals surface area (Å²) in [5.41, 5.74) is 6.62. The summed E-state index contributed by atoms with van der Waals surface area (Å²) in [6.07, 6.45) is 7.19. The lowest BCUT2D eigenvalue weighted by molar-refractivity contribution is -0.131. The molecule has 8 nitrogen and oxygen atoms in total. The van der Waals surface area contributed by atoms with E-state index in [1.165, 1.54) is 40.9 Å². The van der Waals surface area contributed by atoms with E-state index in [-0.39, 0.29) is 13.1 Å². The van der Waals surface area contributed by atoms with Crippen molar-refractivity contribution in [2.45, 2.75) is 50.6 Å². The fourth-order valence-corrected chi connectivity index (χ4v) is 7.31. The van der Waals surface area contributed by atoms with Gasteiger partial charge in [-0.2, -0.15) is 9.97 Å². The Balaban J connectivity index is 1.25. The average molecular weight is 581 g/mol. The quantitative estimate of drug-likeness (QED) is 0.287. The number of carbonyl (C=O) groups excluding carboxylic acids is 1. The summed E-state index contributed by atoms with van der Waals surface area (Å²) in [6.45, 7) is 13.4. The number of amides is 1. The zero-order valence-corrected chi connectivity index (χ0v) is 24.7. The number of aromatic nitrogens is 2. The van der Waals surface area contributed by atoms with Crippen molar-refractivity contribution < 1.29 is 13.9 Å². The van der Waals surface area contributed by atoms with E-state index in [9.17, 15) is 9.18 Å². The molecule has 1 aromatic heterocycles. The number of piperazine rings is 1. The Morgan fingerprint density at radius 1 is 1.16 bits per heavy atom. The van der Waals surface area contributed by atoms with Crippen LogP contribution in [0.3, 0.4) is 0 Å². The van der Waals surface area contributed by atoms with Crippen LogP contribution < -0.4 is 9.64 Å². The molecule has 1 spiro atoms. The molecule has 2 aliphatic carbocycles. The number of likely N-dealkylation sites (N-methyl/N-ethyl adjacent to an activating group) is 1. The van der Waals surface area contributed by atoms with Gasteiger partial charge in [0.05, 0.1) is 5.52 Å². The van der Waals surface area contributed by atoms with Gasteiger partial charge in [-0.05, 0) is 91.9 Å². The molecule has 2 saturated heterocycles. The molecule has 3 aromatic rings. The Morgan fingerprint density at radius 2 is 2.02 bits per heavy atom. The van der Waals surface area contributed by atoms with Gasteiger partial charge in [-0.3, -0.25) is 4.79 Å². The molecule has 43 heavy (non-hydrogen) atoms. The van der Waals surface area contributed by atoms with Crippen LogP contribution in [0.1, 0.15) is 36.8 Å². The van der Waals surface area contributed by atoms with Gasteiger partial charge in [-0.1, -0.05) is 30.8 Å². The number of nitrogens with zero attached hydrogens (tertiary/aromatic N) is 6. The van der Waals surface area contributed by atoms with Crippen LogP contribution in [0.2, 0.25) is 0 Å². The number of likely N-dealkylation sites (tertiary alicyclic amines) is 1. The summed E-state index contributed by atoms with van der Waals surface area (Å²) in [6, 6.07) is 13.2. The number of fused-ring (bicyclic) bond motifs is 2. The highest BCUT2D eigenvalue weighted by atomic mass is 19.1. The second-order valence-corrected chi connectivity index (χ2v) is 12.8. The molecule has 222 valence electrons. The van der Waals surface area contributed by atoms with Gasteiger partial charge >= 0.3 is 6.01 Å². The molecule has 9 heteroatoms. The highest BCUT2D eigenvalue weighted by molar-refractivity contribution is 5.94. The zero-order valence-electron chi connectivity index (χ0n) is 24.7. The van der Waals surface area contributed by atoms with E-state index >= 15 is 0 Å². The van der Waals surface area contributed by atoms with Gasteiger partial charge in [0, 0.05) is 31.1 Å². The number of ether oxygens (including phenoxy) is 1. The lowest BCUT2D eigenvalue weighted by Gasteiger charge is -2.39. The Kier molecular flexibility index (Phi) is 7.05. The monoisotopic (exact) mass is 580 g/mol. The molecule has 3 fully saturated rings. The predicted octanol–water partition coefficient (Wildman–Crippen LogP) is 5.07. The third-order valence-corrected chi connectivity index (χ3v) is 9.97. The largest absolute Gasteiger partial charge is 0.462 e. The van der Waals surface area contributed by atoms with Crippen LogP contribution in [0.25, 0.3) is 26.9 Å². The standard InChI is InChI=1S/C34H37FN6O2/c1-22(35)32(42)41-15-14-40(20-26(41)19-36-2)31-28-10-9-23(27-8-4-6-24-17-34(11-12-34)18-29(24)27)16-30(28)37-33(38-31)43-21-25-7-5-13-39(25)3/h4,6,8-10,16,25-26H,1,5,7,11-15,17-21H2,3H3/t25-,26-/m0/s1. The minimum Gasteiger partial charge on any atom is -0.462 e. The van der Waals surface area contributed by atoms with Crippen molar-refractivity contribution >= 4 is 22.6 Å². The molecule has 7 rings (SSSR count). The molecule has 3 heterocycles. The number of benzene rings is 2. The second kappa shape index (κ2) is 10.9. The van der Waals surface area contributed by atoms with Crippen molar-refractivity contribution in [2.75, 3.05) is 51.3 Å². The first-order valence-corrected chi connectivity index (χ1v) is 15.3. The third kappa shape index (κ3) is 5.22. The normalized spacial score (nSPS) is 22.5. The predicted molar refractivity (Wildman–Crippen MR) is 165 cm³/mol. The Labute approximate surface area is 252 Å². The highest BCUT2D eigenvalue weighted by Gasteiger charge is 2.47. The molecule has 0 unspecified atom stereocenters. The first kappa shape index (κ1) is 27.8. The highest BCUT2D eigenvalue weighted by Crippen LogP contribution is 2.57. The van der Waals surface area contributed by atoms with E-state index in [0.29, 0.717) is 43.0 Å². The Bertz CT molecular complexity index is 1650. The van der Waals surface area contributed by atoms with Crippen molar-refractivity contribution in [1.29, 1.82) is 0 Å². The van der Waals surface area contributed by atoms with E-state index in [2.05, 4.69) is 64.7 Å². The summed E-state index contributed by atoms with van der Waals surface area (Å²) in [4.78, 5) is 31.7. The van der Waals surface area contributed by atoms with E-state index in [1.54, 1.807) is 0 Å². The molecule has 1 amide bonds. The average Bonchev–Trinajstić information content (AvgIpc) is 3.45. The summed E-state index contributed by atoms with van der Waals surface area (Å²) in [5, 5.41) is 0.886. The van der Waals surface area contributed by atoms with Crippen LogP contribution in [-0.2, 0) is 17.6 Å². The van der Waals surface area contributed by atoms with Crippen molar-refractivity contribution in [1.82, 2.24) is 19.8 Å². The maximum atomic E-state index is 13.8. The van der Waals surface area contributed by atoms with Gasteiger partial charge in [0.25, 0.3) is 5.91 Å². The summed E-state index contributed by atoms with van der Waals surface area (Å²) in [5.74, 6) is -1.04. The summed E-state index contributed by atoms with van der Waals surface area (Å²) < 4.78 is 20.1. The lowest BCUT2D eigenvalue weighted by Crippen LogP contribution is -2.56. The van der Waals surface area contributed by atoms with Crippen LogP contribution in [-0.4, -0.2) is 84.1 Å². The summed E-state index contributed by atoms with van der Waals surface area (Å²) in [7, 11) is 2.12. The minimum atomic E-state index is -1.00. The van der Waals surface area contributed by atoms with Gasteiger partial charge < -0.3 is 24.3 Å². The summed E-state index contributed by atoms with van der Waals surface area (Å²) >= 11 is 0.